The van der Waals surface area contributed by atoms with Gasteiger partial charge in [-0.3, -0.25) is 9.69 Å². The molecule has 0 atom stereocenters. The first-order valence-electron chi connectivity index (χ1n) is 8.83. The Kier molecular flexibility index (Phi) is 5.70. The van der Waals surface area contributed by atoms with Crippen LogP contribution in [-0.2, 0) is 7.05 Å². The maximum atomic E-state index is 12.5. The Balaban J connectivity index is 2.08. The second kappa shape index (κ2) is 7.39. The Labute approximate surface area is 145 Å². The maximum Gasteiger partial charge on any atom is 0.251 e. The van der Waals surface area contributed by atoms with Gasteiger partial charge in [-0.15, -0.1) is 0 Å². The lowest BCUT2D eigenvalue weighted by atomic mass is 10.1. The van der Waals surface area contributed by atoms with Gasteiger partial charge in [-0.1, -0.05) is 0 Å². The van der Waals surface area contributed by atoms with E-state index in [4.69, 9.17) is 0 Å². The van der Waals surface area contributed by atoms with Crippen LogP contribution < -0.4 is 5.32 Å². The van der Waals surface area contributed by atoms with Crippen LogP contribution in [0.15, 0.2) is 18.2 Å². The zero-order valence-corrected chi connectivity index (χ0v) is 16.1. The molecule has 2 aromatic rings. The number of fused-ring (bicyclic) bond motifs is 1. The fourth-order valence-electron chi connectivity index (χ4n) is 3.41. The van der Waals surface area contributed by atoms with Crippen molar-refractivity contribution in [2.24, 2.45) is 7.05 Å². The number of hydrogen-bond donors (Lipinski definition) is 1. The molecule has 4 nitrogen and oxygen atoms in total. The zero-order valence-electron chi connectivity index (χ0n) is 16.1. The van der Waals surface area contributed by atoms with Crippen LogP contribution in [0.4, 0.5) is 0 Å². The molecule has 4 heteroatoms. The van der Waals surface area contributed by atoms with Gasteiger partial charge in [-0.25, -0.2) is 0 Å². The molecule has 0 saturated carbocycles. The molecule has 0 radical (unpaired) electrons. The SMILES string of the molecule is Cc1c(C)n(C)c2ccc(C(=O)NCCN(C(C)C)C(C)C)cc12. The summed E-state index contributed by atoms with van der Waals surface area (Å²) in [6.07, 6.45) is 0. The number of nitrogens with one attached hydrogen (secondary N) is 1. The number of hydrogen-bond acceptors (Lipinski definition) is 2. The number of amides is 1. The minimum atomic E-state index is 0.00488. The van der Waals surface area contributed by atoms with Gasteiger partial charge < -0.3 is 9.88 Å². The van der Waals surface area contributed by atoms with E-state index in [1.54, 1.807) is 0 Å². The minimum Gasteiger partial charge on any atom is -0.351 e. The first kappa shape index (κ1) is 18.5. The monoisotopic (exact) mass is 329 g/mol. The summed E-state index contributed by atoms with van der Waals surface area (Å²) in [5.41, 5.74) is 4.39. The molecule has 0 fully saturated rings. The molecule has 24 heavy (non-hydrogen) atoms. The number of benzene rings is 1. The van der Waals surface area contributed by atoms with Gasteiger partial charge in [0, 0.05) is 54.4 Å². The molecule has 0 aliphatic carbocycles. The first-order valence-corrected chi connectivity index (χ1v) is 8.83. The average Bonchev–Trinajstić information content (AvgIpc) is 2.75. The van der Waals surface area contributed by atoms with Crippen LogP contribution in [-0.4, -0.2) is 40.5 Å². The van der Waals surface area contributed by atoms with Crippen molar-refractivity contribution in [3.8, 4) is 0 Å². The van der Waals surface area contributed by atoms with Gasteiger partial charge in [0.05, 0.1) is 0 Å². The van der Waals surface area contributed by atoms with Crippen molar-refractivity contribution in [1.82, 2.24) is 14.8 Å². The van der Waals surface area contributed by atoms with Crippen LogP contribution in [0, 0.1) is 13.8 Å². The van der Waals surface area contributed by atoms with Gasteiger partial charge in [-0.05, 0) is 65.3 Å². The molecular weight excluding hydrogens is 298 g/mol. The molecule has 1 aromatic heterocycles. The first-order chi connectivity index (χ1) is 11.2. The van der Waals surface area contributed by atoms with E-state index in [-0.39, 0.29) is 5.91 Å². The second-order valence-electron chi connectivity index (χ2n) is 7.18. The van der Waals surface area contributed by atoms with Crippen molar-refractivity contribution in [2.75, 3.05) is 13.1 Å². The minimum absolute atomic E-state index is 0.00488. The Hall–Kier alpha value is -1.81. The summed E-state index contributed by atoms with van der Waals surface area (Å²) in [5.74, 6) is 0.00488. The van der Waals surface area contributed by atoms with Crippen LogP contribution in [0.5, 0.6) is 0 Å². The van der Waals surface area contributed by atoms with Gasteiger partial charge in [0.15, 0.2) is 0 Å². The fourth-order valence-corrected chi connectivity index (χ4v) is 3.41. The highest BCUT2D eigenvalue weighted by Gasteiger charge is 2.15. The molecule has 0 aliphatic rings. The predicted octanol–water partition coefficient (Wildman–Crippen LogP) is 3.64. The molecule has 0 spiro atoms. The summed E-state index contributed by atoms with van der Waals surface area (Å²) >= 11 is 0. The van der Waals surface area contributed by atoms with E-state index in [1.807, 2.05) is 18.2 Å². The number of aromatic nitrogens is 1. The normalized spacial score (nSPS) is 11.9. The quantitative estimate of drug-likeness (QED) is 0.878. The number of carbonyl (C=O) groups is 1. The van der Waals surface area contributed by atoms with E-state index in [1.165, 1.54) is 16.8 Å². The van der Waals surface area contributed by atoms with Crippen LogP contribution in [0.1, 0.15) is 49.3 Å². The lowest BCUT2D eigenvalue weighted by Gasteiger charge is -2.30. The molecule has 2 rings (SSSR count). The van der Waals surface area contributed by atoms with Gasteiger partial charge in [0.2, 0.25) is 0 Å². The van der Waals surface area contributed by atoms with Crippen LogP contribution >= 0.6 is 0 Å². The molecule has 0 unspecified atom stereocenters. The number of rotatable bonds is 6. The maximum absolute atomic E-state index is 12.5. The molecule has 0 aliphatic heterocycles. The fraction of sp³-hybridized carbons (Fsp3) is 0.550. The van der Waals surface area contributed by atoms with Crippen LogP contribution in [0.25, 0.3) is 10.9 Å². The summed E-state index contributed by atoms with van der Waals surface area (Å²) in [6, 6.07) is 6.93. The summed E-state index contributed by atoms with van der Waals surface area (Å²) in [4.78, 5) is 14.9. The van der Waals surface area contributed by atoms with E-state index in [2.05, 4.69) is 63.4 Å². The van der Waals surface area contributed by atoms with Crippen molar-refractivity contribution < 1.29 is 4.79 Å². The highest BCUT2D eigenvalue weighted by molar-refractivity contribution is 5.99. The average molecular weight is 329 g/mol. The Morgan fingerprint density at radius 3 is 2.38 bits per heavy atom. The smallest absolute Gasteiger partial charge is 0.251 e. The standard InChI is InChI=1S/C20H31N3O/c1-13(2)23(14(3)4)11-10-21-20(24)17-8-9-19-18(12-17)15(5)16(6)22(19)7/h8-9,12-14H,10-11H2,1-7H3,(H,21,24). The van der Waals surface area contributed by atoms with Gasteiger partial charge in [0.25, 0.3) is 5.91 Å². The van der Waals surface area contributed by atoms with Crippen molar-refractivity contribution in [1.29, 1.82) is 0 Å². The largest absolute Gasteiger partial charge is 0.351 e. The van der Waals surface area contributed by atoms with E-state index in [9.17, 15) is 4.79 Å². The topological polar surface area (TPSA) is 37.3 Å². The molecule has 0 bridgehead atoms. The Morgan fingerprint density at radius 2 is 1.79 bits per heavy atom. The highest BCUT2D eigenvalue weighted by Crippen LogP contribution is 2.25. The lowest BCUT2D eigenvalue weighted by Crippen LogP contribution is -2.42. The zero-order chi connectivity index (χ0) is 18.0. The highest BCUT2D eigenvalue weighted by atomic mass is 16.1. The molecular formula is C20H31N3O. The molecule has 1 aromatic carbocycles. The van der Waals surface area contributed by atoms with E-state index >= 15 is 0 Å². The predicted molar refractivity (Wildman–Crippen MR) is 102 cm³/mol. The van der Waals surface area contributed by atoms with Crippen molar-refractivity contribution >= 4 is 16.8 Å². The van der Waals surface area contributed by atoms with E-state index in [0.29, 0.717) is 18.6 Å². The van der Waals surface area contributed by atoms with E-state index < -0.39 is 0 Å². The van der Waals surface area contributed by atoms with Gasteiger partial charge in [0.1, 0.15) is 0 Å². The van der Waals surface area contributed by atoms with Gasteiger partial charge in [-0.2, -0.15) is 0 Å². The summed E-state index contributed by atoms with van der Waals surface area (Å²) in [7, 11) is 2.07. The molecule has 1 heterocycles. The Morgan fingerprint density at radius 1 is 1.17 bits per heavy atom. The third-order valence-electron chi connectivity index (χ3n) is 5.05. The van der Waals surface area contributed by atoms with E-state index in [0.717, 1.165) is 17.5 Å². The molecule has 132 valence electrons. The number of carbonyl (C=O) groups excluding carboxylic acids is 1. The third-order valence-corrected chi connectivity index (χ3v) is 5.05. The summed E-state index contributed by atoms with van der Waals surface area (Å²) in [5, 5.41) is 4.22. The number of nitrogens with zero attached hydrogens (tertiary/aromatic N) is 2. The lowest BCUT2D eigenvalue weighted by molar-refractivity contribution is 0.0939. The molecule has 0 saturated heterocycles. The Bertz CT molecular complexity index is 720. The van der Waals surface area contributed by atoms with Crippen LogP contribution in [0.3, 0.4) is 0 Å². The van der Waals surface area contributed by atoms with Crippen molar-refractivity contribution in [2.45, 2.75) is 53.6 Å². The van der Waals surface area contributed by atoms with Crippen molar-refractivity contribution in [3.05, 3.63) is 35.0 Å². The summed E-state index contributed by atoms with van der Waals surface area (Å²) in [6.45, 7) is 14.5. The molecule has 1 N–H and O–H groups in total. The summed E-state index contributed by atoms with van der Waals surface area (Å²) < 4.78 is 2.18. The van der Waals surface area contributed by atoms with Gasteiger partial charge >= 0.3 is 0 Å². The third kappa shape index (κ3) is 3.64. The van der Waals surface area contributed by atoms with Crippen LogP contribution in [0.2, 0.25) is 0 Å². The molecule has 1 amide bonds. The second-order valence-corrected chi connectivity index (χ2v) is 7.18. The van der Waals surface area contributed by atoms with Crippen molar-refractivity contribution in [3.63, 3.8) is 0 Å². The number of aryl methyl sites for hydroxylation is 2.